The molecule has 5 nitrogen and oxygen atoms in total. The van der Waals surface area contributed by atoms with Gasteiger partial charge in [0.15, 0.2) is 0 Å². The van der Waals surface area contributed by atoms with Crippen molar-refractivity contribution in [2.75, 3.05) is 16.8 Å². The van der Waals surface area contributed by atoms with E-state index in [2.05, 4.69) is 5.32 Å². The van der Waals surface area contributed by atoms with Gasteiger partial charge in [-0.2, -0.15) is 0 Å². The highest BCUT2D eigenvalue weighted by atomic mass is 16.5. The highest BCUT2D eigenvalue weighted by Gasteiger charge is 2.40. The molecule has 0 aromatic heterocycles. The topological polar surface area (TPSA) is 58.6 Å². The molecule has 32 heavy (non-hydrogen) atoms. The molecule has 3 aromatic rings. The molecule has 5 heteroatoms. The van der Waals surface area contributed by atoms with Crippen LogP contribution in [0.3, 0.4) is 0 Å². The Kier molecular flexibility index (Phi) is 5.82. The van der Waals surface area contributed by atoms with Crippen LogP contribution in [-0.2, 0) is 9.59 Å². The Balaban J connectivity index is 1.81. The lowest BCUT2D eigenvalue weighted by molar-refractivity contribution is -0.120. The van der Waals surface area contributed by atoms with Gasteiger partial charge in [0.1, 0.15) is 11.4 Å². The Bertz CT molecular complexity index is 1230. The molecule has 3 aromatic carbocycles. The number of aryl methyl sites for hydroxylation is 3. The van der Waals surface area contributed by atoms with E-state index in [0.29, 0.717) is 34.9 Å². The van der Waals surface area contributed by atoms with E-state index in [4.69, 9.17) is 4.74 Å². The summed E-state index contributed by atoms with van der Waals surface area (Å²) in [7, 11) is 0. The van der Waals surface area contributed by atoms with Crippen molar-refractivity contribution in [2.24, 2.45) is 0 Å². The molecular formula is C27H26N2O3. The third-order valence-corrected chi connectivity index (χ3v) is 5.59. The number of carbonyl (C=O) groups is 2. The maximum Gasteiger partial charge on any atom is 0.282 e. The van der Waals surface area contributed by atoms with Crippen LogP contribution in [0.1, 0.15) is 29.2 Å². The lowest BCUT2D eigenvalue weighted by Crippen LogP contribution is -2.32. The average molecular weight is 427 g/mol. The van der Waals surface area contributed by atoms with Crippen molar-refractivity contribution in [3.63, 3.8) is 0 Å². The third-order valence-electron chi connectivity index (χ3n) is 5.59. The molecule has 1 N–H and O–H groups in total. The monoisotopic (exact) mass is 426 g/mol. The predicted molar refractivity (Wildman–Crippen MR) is 128 cm³/mol. The van der Waals surface area contributed by atoms with Crippen molar-refractivity contribution >= 4 is 28.8 Å². The molecule has 1 heterocycles. The molecule has 0 spiro atoms. The van der Waals surface area contributed by atoms with Crippen molar-refractivity contribution in [3.8, 4) is 5.75 Å². The molecule has 2 amide bonds. The molecule has 0 aliphatic carbocycles. The van der Waals surface area contributed by atoms with E-state index in [0.717, 1.165) is 16.7 Å². The summed E-state index contributed by atoms with van der Waals surface area (Å²) in [5.41, 5.74) is 5.80. The van der Waals surface area contributed by atoms with E-state index < -0.39 is 0 Å². The summed E-state index contributed by atoms with van der Waals surface area (Å²) in [5, 5.41) is 3.20. The minimum absolute atomic E-state index is 0.257. The zero-order chi connectivity index (χ0) is 22.8. The first kappa shape index (κ1) is 21.4. The van der Waals surface area contributed by atoms with E-state index in [1.165, 1.54) is 4.90 Å². The average Bonchev–Trinajstić information content (AvgIpc) is 3.01. The molecule has 0 atom stereocenters. The number of nitrogens with zero attached hydrogens (tertiary/aromatic N) is 1. The fourth-order valence-electron chi connectivity index (χ4n) is 3.71. The number of ether oxygens (including phenoxy) is 1. The SMILES string of the molecule is CCOc1cccc(NC2=C(c3ccc(C)c(C)c3)C(=O)N(c3ccc(C)cc3)C2=O)c1. The third kappa shape index (κ3) is 4.02. The molecule has 0 unspecified atom stereocenters. The number of amides is 2. The van der Waals surface area contributed by atoms with Gasteiger partial charge in [0.2, 0.25) is 0 Å². The van der Waals surface area contributed by atoms with Crippen LogP contribution >= 0.6 is 0 Å². The summed E-state index contributed by atoms with van der Waals surface area (Å²) in [6, 6.07) is 20.6. The van der Waals surface area contributed by atoms with Crippen LogP contribution in [-0.4, -0.2) is 18.4 Å². The number of nitrogens with one attached hydrogen (secondary N) is 1. The lowest BCUT2D eigenvalue weighted by atomic mass is 9.99. The van der Waals surface area contributed by atoms with Crippen LogP contribution in [0.15, 0.2) is 72.4 Å². The minimum atomic E-state index is -0.381. The van der Waals surface area contributed by atoms with Crippen molar-refractivity contribution in [1.82, 2.24) is 0 Å². The van der Waals surface area contributed by atoms with Gasteiger partial charge in [-0.3, -0.25) is 9.59 Å². The van der Waals surface area contributed by atoms with Gasteiger partial charge >= 0.3 is 0 Å². The van der Waals surface area contributed by atoms with Gasteiger partial charge < -0.3 is 10.1 Å². The Labute approximate surface area is 188 Å². The van der Waals surface area contributed by atoms with E-state index >= 15 is 0 Å². The fourth-order valence-corrected chi connectivity index (χ4v) is 3.71. The second-order valence-corrected chi connectivity index (χ2v) is 7.92. The highest BCUT2D eigenvalue weighted by molar-refractivity contribution is 6.46. The maximum atomic E-state index is 13.6. The van der Waals surface area contributed by atoms with Crippen molar-refractivity contribution in [2.45, 2.75) is 27.7 Å². The summed E-state index contributed by atoms with van der Waals surface area (Å²) < 4.78 is 5.58. The standard InChI is InChI=1S/C27H26N2O3/c1-5-32-23-8-6-7-21(16-23)28-25-24(20-12-11-18(3)19(4)15-20)26(30)29(27(25)31)22-13-9-17(2)10-14-22/h6-16,28H,5H2,1-4H3. The van der Waals surface area contributed by atoms with Crippen LogP contribution in [0.2, 0.25) is 0 Å². The Morgan fingerprint density at radius 3 is 2.28 bits per heavy atom. The molecule has 1 aliphatic heterocycles. The van der Waals surface area contributed by atoms with Gasteiger partial charge in [-0.05, 0) is 68.7 Å². The molecule has 0 radical (unpaired) electrons. The van der Waals surface area contributed by atoms with E-state index in [9.17, 15) is 9.59 Å². The number of carbonyl (C=O) groups excluding carboxylic acids is 2. The first-order valence-electron chi connectivity index (χ1n) is 10.7. The number of anilines is 2. The summed E-state index contributed by atoms with van der Waals surface area (Å²) in [6.07, 6.45) is 0. The number of imide groups is 1. The molecule has 0 fully saturated rings. The molecule has 0 bridgehead atoms. The van der Waals surface area contributed by atoms with Crippen LogP contribution in [0.25, 0.3) is 5.57 Å². The zero-order valence-electron chi connectivity index (χ0n) is 18.7. The number of benzene rings is 3. The smallest absolute Gasteiger partial charge is 0.282 e. The largest absolute Gasteiger partial charge is 0.494 e. The van der Waals surface area contributed by atoms with Crippen molar-refractivity contribution in [3.05, 3.63) is 94.7 Å². The fraction of sp³-hybridized carbons (Fsp3) is 0.185. The summed E-state index contributed by atoms with van der Waals surface area (Å²) in [6.45, 7) is 8.44. The van der Waals surface area contributed by atoms with E-state index in [1.54, 1.807) is 12.1 Å². The normalized spacial score (nSPS) is 13.7. The quantitative estimate of drug-likeness (QED) is 0.536. The van der Waals surface area contributed by atoms with Gasteiger partial charge in [-0.1, -0.05) is 42.0 Å². The molecule has 162 valence electrons. The van der Waals surface area contributed by atoms with Gasteiger partial charge in [0, 0.05) is 11.8 Å². The Morgan fingerprint density at radius 1 is 0.844 bits per heavy atom. The van der Waals surface area contributed by atoms with Gasteiger partial charge in [0.05, 0.1) is 17.9 Å². The second-order valence-electron chi connectivity index (χ2n) is 7.92. The lowest BCUT2D eigenvalue weighted by Gasteiger charge is -2.16. The zero-order valence-corrected chi connectivity index (χ0v) is 18.7. The number of hydrogen-bond donors (Lipinski definition) is 1. The summed E-state index contributed by atoms with van der Waals surface area (Å²) >= 11 is 0. The minimum Gasteiger partial charge on any atom is -0.494 e. The predicted octanol–water partition coefficient (Wildman–Crippen LogP) is 5.41. The van der Waals surface area contributed by atoms with Crippen LogP contribution in [0.4, 0.5) is 11.4 Å². The van der Waals surface area contributed by atoms with E-state index in [1.807, 2.05) is 82.3 Å². The molecular weight excluding hydrogens is 400 g/mol. The van der Waals surface area contributed by atoms with Gasteiger partial charge in [-0.15, -0.1) is 0 Å². The van der Waals surface area contributed by atoms with Crippen molar-refractivity contribution < 1.29 is 14.3 Å². The maximum absolute atomic E-state index is 13.6. The highest BCUT2D eigenvalue weighted by Crippen LogP contribution is 2.35. The van der Waals surface area contributed by atoms with Crippen LogP contribution < -0.4 is 15.0 Å². The number of hydrogen-bond acceptors (Lipinski definition) is 4. The summed E-state index contributed by atoms with van der Waals surface area (Å²) in [5.74, 6) is -0.0301. The summed E-state index contributed by atoms with van der Waals surface area (Å²) in [4.78, 5) is 28.3. The van der Waals surface area contributed by atoms with Crippen LogP contribution in [0, 0.1) is 20.8 Å². The van der Waals surface area contributed by atoms with Gasteiger partial charge in [0.25, 0.3) is 11.8 Å². The first-order chi connectivity index (χ1) is 15.4. The Hall–Kier alpha value is -3.86. The van der Waals surface area contributed by atoms with Gasteiger partial charge in [-0.25, -0.2) is 4.90 Å². The number of rotatable bonds is 6. The molecule has 0 saturated carbocycles. The first-order valence-corrected chi connectivity index (χ1v) is 10.7. The molecule has 0 saturated heterocycles. The van der Waals surface area contributed by atoms with Crippen LogP contribution in [0.5, 0.6) is 5.75 Å². The van der Waals surface area contributed by atoms with Crippen molar-refractivity contribution in [1.29, 1.82) is 0 Å². The second kappa shape index (κ2) is 8.71. The van der Waals surface area contributed by atoms with E-state index in [-0.39, 0.29) is 17.5 Å². The Morgan fingerprint density at radius 2 is 1.59 bits per heavy atom. The molecule has 4 rings (SSSR count). The molecule has 1 aliphatic rings.